The molecule has 116 valence electrons. The van der Waals surface area contributed by atoms with Gasteiger partial charge in [-0.25, -0.2) is 8.42 Å². The summed E-state index contributed by atoms with van der Waals surface area (Å²) in [5.41, 5.74) is 0. The van der Waals surface area contributed by atoms with Crippen LogP contribution < -0.4 is 0 Å². The van der Waals surface area contributed by atoms with E-state index in [0.29, 0.717) is 19.0 Å². The summed E-state index contributed by atoms with van der Waals surface area (Å²) >= 11 is 0. The normalized spacial score (nSPS) is 26.1. The molecule has 20 heavy (non-hydrogen) atoms. The number of methoxy groups -OCH3 is 1. The number of esters is 1. The topological polar surface area (TPSA) is 63.7 Å². The lowest BCUT2D eigenvalue weighted by molar-refractivity contribution is -0.147. The van der Waals surface area contributed by atoms with E-state index >= 15 is 0 Å². The fraction of sp³-hybridized carbons (Fsp3) is 0.929. The highest BCUT2D eigenvalue weighted by atomic mass is 32.2. The molecule has 0 radical (unpaired) electrons. The van der Waals surface area contributed by atoms with Gasteiger partial charge in [-0.1, -0.05) is 32.1 Å². The van der Waals surface area contributed by atoms with Gasteiger partial charge in [0.15, 0.2) is 9.84 Å². The van der Waals surface area contributed by atoms with Crippen LogP contribution >= 0.6 is 0 Å². The maximum absolute atomic E-state index is 12.0. The van der Waals surface area contributed by atoms with E-state index in [2.05, 4.69) is 0 Å². The average Bonchev–Trinajstić information content (AvgIpc) is 2.45. The largest absolute Gasteiger partial charge is 0.468 e. The lowest BCUT2D eigenvalue weighted by atomic mass is 9.84. The van der Waals surface area contributed by atoms with Crippen molar-refractivity contribution in [1.29, 1.82) is 0 Å². The molecule has 1 saturated carbocycles. The number of nitrogens with zero attached hydrogens (tertiary/aromatic N) is 1. The van der Waals surface area contributed by atoms with Crippen molar-refractivity contribution in [3.8, 4) is 0 Å². The van der Waals surface area contributed by atoms with Crippen LogP contribution in [0.3, 0.4) is 0 Å². The van der Waals surface area contributed by atoms with Crippen molar-refractivity contribution < 1.29 is 17.9 Å². The monoisotopic (exact) mass is 303 g/mol. The van der Waals surface area contributed by atoms with Gasteiger partial charge in [-0.2, -0.15) is 0 Å². The molecule has 0 aromatic rings. The molecule has 1 heterocycles. The smallest absolute Gasteiger partial charge is 0.323 e. The van der Waals surface area contributed by atoms with Crippen molar-refractivity contribution in [3.63, 3.8) is 0 Å². The van der Waals surface area contributed by atoms with Crippen LogP contribution in [0.1, 0.15) is 38.5 Å². The summed E-state index contributed by atoms with van der Waals surface area (Å²) in [4.78, 5) is 14.0. The van der Waals surface area contributed by atoms with E-state index < -0.39 is 9.84 Å². The molecular weight excluding hydrogens is 278 g/mol. The Hall–Kier alpha value is -0.620. The molecule has 1 unspecified atom stereocenters. The zero-order chi connectivity index (χ0) is 14.6. The molecule has 0 spiro atoms. The molecule has 5 nitrogen and oxygen atoms in total. The minimum atomic E-state index is -2.91. The van der Waals surface area contributed by atoms with E-state index in [4.69, 9.17) is 4.74 Å². The summed E-state index contributed by atoms with van der Waals surface area (Å²) in [6.07, 6.45) is 6.95. The van der Waals surface area contributed by atoms with E-state index in [1.165, 1.54) is 39.2 Å². The number of sulfone groups is 1. The number of ether oxygens (including phenoxy) is 1. The second kappa shape index (κ2) is 6.89. The highest BCUT2D eigenvalue weighted by Gasteiger charge is 2.33. The molecule has 6 heteroatoms. The van der Waals surface area contributed by atoms with Gasteiger partial charge in [0.25, 0.3) is 0 Å². The van der Waals surface area contributed by atoms with Gasteiger partial charge in [0, 0.05) is 13.1 Å². The first-order valence-corrected chi connectivity index (χ1v) is 9.36. The quantitative estimate of drug-likeness (QED) is 0.731. The van der Waals surface area contributed by atoms with Crippen LogP contribution in [0, 0.1) is 5.92 Å². The Morgan fingerprint density at radius 2 is 1.80 bits per heavy atom. The van der Waals surface area contributed by atoms with E-state index in [9.17, 15) is 13.2 Å². The van der Waals surface area contributed by atoms with Crippen molar-refractivity contribution in [1.82, 2.24) is 4.90 Å². The van der Waals surface area contributed by atoms with Gasteiger partial charge in [-0.3, -0.25) is 9.69 Å². The van der Waals surface area contributed by atoms with Gasteiger partial charge in [0.05, 0.1) is 18.6 Å². The molecule has 0 N–H and O–H groups in total. The predicted octanol–water partition coefficient (Wildman–Crippen LogP) is 1.23. The van der Waals surface area contributed by atoms with Crippen LogP contribution in [0.25, 0.3) is 0 Å². The van der Waals surface area contributed by atoms with Crippen LogP contribution in [0.4, 0.5) is 0 Å². The van der Waals surface area contributed by atoms with E-state index in [0.717, 1.165) is 6.42 Å². The first-order chi connectivity index (χ1) is 9.52. The molecule has 1 saturated heterocycles. The molecule has 1 atom stereocenters. The summed E-state index contributed by atoms with van der Waals surface area (Å²) in [6.45, 7) is 0.906. The minimum absolute atomic E-state index is 0.158. The first kappa shape index (κ1) is 15.8. The molecule has 2 rings (SSSR count). The molecular formula is C14H25NO4S. The Morgan fingerprint density at radius 1 is 1.20 bits per heavy atom. The van der Waals surface area contributed by atoms with Gasteiger partial charge < -0.3 is 4.74 Å². The number of hydrogen-bond acceptors (Lipinski definition) is 5. The predicted molar refractivity (Wildman–Crippen MR) is 77.2 cm³/mol. The van der Waals surface area contributed by atoms with Gasteiger partial charge >= 0.3 is 5.97 Å². The standard InChI is InChI=1S/C14H25NO4S/c1-19-14(16)13(11-12-5-3-2-4-6-12)15-7-9-20(17,18)10-8-15/h12-13H,2-11H2,1H3. The highest BCUT2D eigenvalue weighted by molar-refractivity contribution is 7.91. The Morgan fingerprint density at radius 3 is 2.35 bits per heavy atom. The third-order valence-corrected chi connectivity index (χ3v) is 6.18. The van der Waals surface area contributed by atoms with Crippen molar-refractivity contribution in [3.05, 3.63) is 0 Å². The van der Waals surface area contributed by atoms with Crippen molar-refractivity contribution >= 4 is 15.8 Å². The van der Waals surface area contributed by atoms with Crippen molar-refractivity contribution in [2.75, 3.05) is 31.7 Å². The van der Waals surface area contributed by atoms with Crippen LogP contribution in [0.2, 0.25) is 0 Å². The average molecular weight is 303 g/mol. The van der Waals surface area contributed by atoms with Gasteiger partial charge in [-0.05, 0) is 12.3 Å². The summed E-state index contributed by atoms with van der Waals surface area (Å²) in [5, 5.41) is 0. The molecule has 0 amide bonds. The van der Waals surface area contributed by atoms with Crippen LogP contribution in [0.15, 0.2) is 0 Å². The fourth-order valence-corrected chi connectivity index (χ4v) is 4.54. The van der Waals surface area contributed by atoms with E-state index in [-0.39, 0.29) is 23.5 Å². The van der Waals surface area contributed by atoms with Crippen molar-refractivity contribution in [2.24, 2.45) is 5.92 Å². The molecule has 0 bridgehead atoms. The third kappa shape index (κ3) is 4.19. The molecule has 1 aliphatic heterocycles. The Labute approximate surface area is 121 Å². The Bertz CT molecular complexity index is 414. The van der Waals surface area contributed by atoms with Gasteiger partial charge in [0.2, 0.25) is 0 Å². The number of carbonyl (C=O) groups is 1. The lowest BCUT2D eigenvalue weighted by Gasteiger charge is -2.35. The summed E-state index contributed by atoms with van der Waals surface area (Å²) in [6, 6.07) is -0.265. The van der Waals surface area contributed by atoms with Crippen LogP contribution in [-0.4, -0.2) is 57.0 Å². The first-order valence-electron chi connectivity index (χ1n) is 7.54. The van der Waals surface area contributed by atoms with Gasteiger partial charge in [0.1, 0.15) is 6.04 Å². The Balaban J connectivity index is 1.98. The SMILES string of the molecule is COC(=O)C(CC1CCCCC1)N1CCS(=O)(=O)CC1. The van der Waals surface area contributed by atoms with Crippen molar-refractivity contribution in [2.45, 2.75) is 44.6 Å². The summed E-state index contributed by atoms with van der Waals surface area (Å²) in [5.74, 6) is 0.678. The zero-order valence-electron chi connectivity index (χ0n) is 12.2. The third-order valence-electron chi connectivity index (χ3n) is 4.57. The van der Waals surface area contributed by atoms with E-state index in [1.54, 1.807) is 0 Å². The second-order valence-electron chi connectivity index (χ2n) is 5.97. The maximum Gasteiger partial charge on any atom is 0.323 e. The lowest BCUT2D eigenvalue weighted by Crippen LogP contribution is -2.50. The fourth-order valence-electron chi connectivity index (χ4n) is 3.31. The molecule has 0 aromatic heterocycles. The van der Waals surface area contributed by atoms with E-state index in [1.807, 2.05) is 4.90 Å². The molecule has 1 aliphatic carbocycles. The number of hydrogen-bond donors (Lipinski definition) is 0. The van der Waals surface area contributed by atoms with Gasteiger partial charge in [-0.15, -0.1) is 0 Å². The maximum atomic E-state index is 12.0. The number of rotatable bonds is 4. The highest BCUT2D eigenvalue weighted by Crippen LogP contribution is 2.29. The molecule has 2 fully saturated rings. The zero-order valence-corrected chi connectivity index (χ0v) is 13.0. The summed E-state index contributed by atoms with van der Waals surface area (Å²) in [7, 11) is -1.49. The van der Waals surface area contributed by atoms with Crippen LogP contribution in [-0.2, 0) is 19.4 Å². The summed E-state index contributed by atoms with van der Waals surface area (Å²) < 4.78 is 27.9. The van der Waals surface area contributed by atoms with Crippen LogP contribution in [0.5, 0.6) is 0 Å². The number of carbonyl (C=O) groups excluding carboxylic acids is 1. The second-order valence-corrected chi connectivity index (χ2v) is 8.27. The Kier molecular flexibility index (Phi) is 5.43. The molecule has 2 aliphatic rings. The molecule has 0 aromatic carbocycles. The minimum Gasteiger partial charge on any atom is -0.468 e.